The Morgan fingerprint density at radius 1 is 1.08 bits per heavy atom. The van der Waals surface area contributed by atoms with Crippen LogP contribution in [0.5, 0.6) is 0 Å². The molecule has 1 aromatic rings. The summed E-state index contributed by atoms with van der Waals surface area (Å²) in [6.07, 6.45) is 8.26. The SMILES string of the molecule is Cc1cccc(CC(C)C(=O)C[C@@H](CCN2CCOCC2)C(=O)N[C@@H](CCCCO)C(=O)CC2CCCC2)c1. The number of hydrogen-bond acceptors (Lipinski definition) is 6. The van der Waals surface area contributed by atoms with E-state index in [2.05, 4.69) is 16.3 Å². The zero-order valence-electron chi connectivity index (χ0n) is 24.2. The maximum atomic E-state index is 13.7. The minimum absolute atomic E-state index is 0.0764. The van der Waals surface area contributed by atoms with Crippen LogP contribution in [0.1, 0.15) is 82.3 Å². The van der Waals surface area contributed by atoms with Crippen molar-refractivity contribution >= 4 is 17.5 Å². The Morgan fingerprint density at radius 3 is 2.51 bits per heavy atom. The number of ether oxygens (including phenoxy) is 1. The van der Waals surface area contributed by atoms with E-state index in [9.17, 15) is 19.5 Å². The fourth-order valence-electron chi connectivity index (χ4n) is 5.94. The minimum atomic E-state index is -0.546. The Balaban J connectivity index is 1.66. The lowest BCUT2D eigenvalue weighted by Gasteiger charge is -2.29. The Labute approximate surface area is 235 Å². The summed E-state index contributed by atoms with van der Waals surface area (Å²) in [6, 6.07) is 7.67. The number of hydrogen-bond donors (Lipinski definition) is 2. The van der Waals surface area contributed by atoms with Crippen molar-refractivity contribution in [1.29, 1.82) is 0 Å². The Morgan fingerprint density at radius 2 is 1.82 bits per heavy atom. The predicted molar refractivity (Wildman–Crippen MR) is 153 cm³/mol. The van der Waals surface area contributed by atoms with Gasteiger partial charge in [-0.15, -0.1) is 0 Å². The number of Topliss-reactive ketones (excluding diaryl/α,β-unsaturated/α-hetero) is 2. The standard InChI is InChI=1S/C32H50N2O5/c1-24-8-7-11-27(20-24)21-25(2)30(36)23-28(13-14-34-15-18-39-19-16-34)32(38)33-29(12-5-6-17-35)31(37)22-26-9-3-4-10-26/h7-8,11,20,25-26,28-29,35H,3-6,9-10,12-19,21-23H2,1-2H3,(H,33,38)/t25?,28-,29+/m1/s1. The van der Waals surface area contributed by atoms with Crippen molar-refractivity contribution < 1.29 is 24.2 Å². The van der Waals surface area contributed by atoms with Crippen LogP contribution in [0, 0.1) is 24.7 Å². The lowest BCUT2D eigenvalue weighted by Crippen LogP contribution is -2.46. The van der Waals surface area contributed by atoms with Gasteiger partial charge in [0, 0.05) is 44.4 Å². The van der Waals surface area contributed by atoms with Crippen molar-refractivity contribution in [3.63, 3.8) is 0 Å². The normalized spacial score (nSPS) is 18.9. The van der Waals surface area contributed by atoms with Crippen LogP contribution >= 0.6 is 0 Å². The molecule has 1 unspecified atom stereocenters. The van der Waals surface area contributed by atoms with Crippen LogP contribution in [0.15, 0.2) is 24.3 Å². The van der Waals surface area contributed by atoms with Crippen molar-refractivity contribution in [2.24, 2.45) is 17.8 Å². The molecule has 2 aliphatic rings. The number of ketones is 2. The molecule has 3 atom stereocenters. The first-order valence-corrected chi connectivity index (χ1v) is 15.2. The summed E-state index contributed by atoms with van der Waals surface area (Å²) >= 11 is 0. The number of nitrogens with zero attached hydrogens (tertiary/aromatic N) is 1. The van der Waals surface area contributed by atoms with Gasteiger partial charge in [-0.25, -0.2) is 0 Å². The number of carbonyl (C=O) groups is 3. The molecule has 1 saturated carbocycles. The predicted octanol–water partition coefficient (Wildman–Crippen LogP) is 4.27. The number of carbonyl (C=O) groups excluding carboxylic acids is 3. The molecule has 7 nitrogen and oxygen atoms in total. The lowest BCUT2D eigenvalue weighted by atomic mass is 9.88. The fourth-order valence-corrected chi connectivity index (χ4v) is 5.94. The van der Waals surface area contributed by atoms with E-state index in [4.69, 9.17) is 4.74 Å². The molecule has 1 aliphatic carbocycles. The van der Waals surface area contributed by atoms with Gasteiger partial charge in [-0.3, -0.25) is 19.3 Å². The highest BCUT2D eigenvalue weighted by Crippen LogP contribution is 2.28. The number of morpholine rings is 1. The van der Waals surface area contributed by atoms with Crippen LogP contribution in [-0.2, 0) is 25.5 Å². The third-order valence-corrected chi connectivity index (χ3v) is 8.46. The third-order valence-electron chi connectivity index (χ3n) is 8.46. The average Bonchev–Trinajstić information content (AvgIpc) is 3.44. The van der Waals surface area contributed by atoms with E-state index in [1.54, 1.807) is 0 Å². The van der Waals surface area contributed by atoms with E-state index < -0.39 is 12.0 Å². The highest BCUT2D eigenvalue weighted by molar-refractivity contribution is 5.92. The molecule has 2 fully saturated rings. The van der Waals surface area contributed by atoms with Gasteiger partial charge < -0.3 is 15.2 Å². The molecular formula is C32H50N2O5. The van der Waals surface area contributed by atoms with Crippen LogP contribution in [-0.4, -0.2) is 73.0 Å². The first-order chi connectivity index (χ1) is 18.9. The van der Waals surface area contributed by atoms with E-state index in [1.807, 2.05) is 32.0 Å². The molecular weight excluding hydrogens is 492 g/mol. The molecule has 218 valence electrons. The van der Waals surface area contributed by atoms with E-state index in [0.717, 1.165) is 38.0 Å². The smallest absolute Gasteiger partial charge is 0.224 e. The van der Waals surface area contributed by atoms with E-state index >= 15 is 0 Å². The van der Waals surface area contributed by atoms with Crippen LogP contribution in [0.2, 0.25) is 0 Å². The van der Waals surface area contributed by atoms with Crippen molar-refractivity contribution in [3.05, 3.63) is 35.4 Å². The van der Waals surface area contributed by atoms with Gasteiger partial charge in [0.2, 0.25) is 5.91 Å². The number of aliphatic hydroxyl groups is 1. The second kappa shape index (κ2) is 16.9. The monoisotopic (exact) mass is 542 g/mol. The van der Waals surface area contributed by atoms with Crippen LogP contribution in [0.25, 0.3) is 0 Å². The summed E-state index contributed by atoms with van der Waals surface area (Å²) in [5, 5.41) is 12.3. The van der Waals surface area contributed by atoms with Gasteiger partial charge in [-0.1, -0.05) is 62.4 Å². The van der Waals surface area contributed by atoms with Gasteiger partial charge in [0.25, 0.3) is 0 Å². The van der Waals surface area contributed by atoms with Crippen molar-refractivity contribution in [1.82, 2.24) is 10.2 Å². The number of amides is 1. The highest BCUT2D eigenvalue weighted by Gasteiger charge is 2.30. The van der Waals surface area contributed by atoms with Gasteiger partial charge in [-0.2, -0.15) is 0 Å². The number of rotatable bonds is 17. The first-order valence-electron chi connectivity index (χ1n) is 15.2. The van der Waals surface area contributed by atoms with Gasteiger partial charge in [0.05, 0.1) is 19.3 Å². The van der Waals surface area contributed by atoms with Gasteiger partial charge >= 0.3 is 0 Å². The molecule has 7 heteroatoms. The van der Waals surface area contributed by atoms with Crippen molar-refractivity contribution in [2.45, 2.75) is 90.5 Å². The number of aliphatic hydroxyl groups excluding tert-OH is 1. The Kier molecular flexibility index (Phi) is 13.6. The number of unbranched alkanes of at least 4 members (excludes halogenated alkanes) is 1. The highest BCUT2D eigenvalue weighted by atomic mass is 16.5. The van der Waals surface area contributed by atoms with Crippen molar-refractivity contribution in [3.8, 4) is 0 Å². The molecule has 1 amide bonds. The number of aryl methyl sites for hydroxylation is 1. The number of benzene rings is 1. The van der Waals surface area contributed by atoms with E-state index in [1.165, 1.54) is 18.4 Å². The zero-order chi connectivity index (χ0) is 28.0. The van der Waals surface area contributed by atoms with Crippen molar-refractivity contribution in [2.75, 3.05) is 39.5 Å². The Hall–Kier alpha value is -2.09. The third kappa shape index (κ3) is 11.1. The summed E-state index contributed by atoms with van der Waals surface area (Å²) in [7, 11) is 0. The molecule has 1 saturated heterocycles. The van der Waals surface area contributed by atoms with Gasteiger partial charge in [-0.05, 0) is 57.1 Å². The molecule has 39 heavy (non-hydrogen) atoms. The molecule has 0 bridgehead atoms. The number of nitrogens with one attached hydrogen (secondary N) is 1. The lowest BCUT2D eigenvalue weighted by molar-refractivity contribution is -0.133. The second-order valence-corrected chi connectivity index (χ2v) is 11.8. The fraction of sp³-hybridized carbons (Fsp3) is 0.719. The van der Waals surface area contributed by atoms with Crippen LogP contribution in [0.4, 0.5) is 0 Å². The molecule has 1 aliphatic heterocycles. The summed E-state index contributed by atoms with van der Waals surface area (Å²) in [6.45, 7) is 7.83. The maximum absolute atomic E-state index is 13.7. The summed E-state index contributed by atoms with van der Waals surface area (Å²) in [5.41, 5.74) is 2.30. The molecule has 1 aromatic carbocycles. The topological polar surface area (TPSA) is 95.9 Å². The summed E-state index contributed by atoms with van der Waals surface area (Å²) in [4.78, 5) is 42.5. The molecule has 0 spiro atoms. The van der Waals surface area contributed by atoms with Crippen LogP contribution < -0.4 is 5.32 Å². The molecule has 2 N–H and O–H groups in total. The second-order valence-electron chi connectivity index (χ2n) is 11.8. The zero-order valence-corrected chi connectivity index (χ0v) is 24.2. The first kappa shape index (κ1) is 31.4. The van der Waals surface area contributed by atoms with E-state index in [0.29, 0.717) is 57.7 Å². The molecule has 3 rings (SSSR count). The van der Waals surface area contributed by atoms with Gasteiger partial charge in [0.1, 0.15) is 5.78 Å². The summed E-state index contributed by atoms with van der Waals surface area (Å²) in [5.74, 6) is -0.245. The Bertz CT molecular complexity index is 908. The molecule has 1 heterocycles. The van der Waals surface area contributed by atoms with Crippen LogP contribution in [0.3, 0.4) is 0 Å². The molecule has 0 radical (unpaired) electrons. The van der Waals surface area contributed by atoms with Gasteiger partial charge in [0.15, 0.2) is 5.78 Å². The maximum Gasteiger partial charge on any atom is 0.224 e. The summed E-state index contributed by atoms with van der Waals surface area (Å²) < 4.78 is 5.46. The largest absolute Gasteiger partial charge is 0.396 e. The average molecular weight is 543 g/mol. The quantitative estimate of drug-likeness (QED) is 0.286. The minimum Gasteiger partial charge on any atom is -0.396 e. The molecule has 0 aromatic heterocycles. The van der Waals surface area contributed by atoms with E-state index in [-0.39, 0.29) is 36.4 Å².